The van der Waals surface area contributed by atoms with Crippen LogP contribution in [-0.2, 0) is 10.0 Å². The van der Waals surface area contributed by atoms with E-state index >= 15 is 0 Å². The second-order valence-electron chi connectivity index (χ2n) is 3.91. The first-order valence-electron chi connectivity index (χ1n) is 5.47. The summed E-state index contributed by atoms with van der Waals surface area (Å²) < 4.78 is 28.4. The topological polar surface area (TPSA) is 46.2 Å². The van der Waals surface area contributed by atoms with Gasteiger partial charge in [-0.05, 0) is 52.3 Å². The summed E-state index contributed by atoms with van der Waals surface area (Å²) in [4.78, 5) is 0.151. The second kappa shape index (κ2) is 6.00. The molecule has 20 heavy (non-hydrogen) atoms. The highest BCUT2D eigenvalue weighted by Gasteiger charge is 2.18. The number of sulfonamides is 1. The molecular formula is C14H9Br2NO2S. The molecule has 0 fully saturated rings. The van der Waals surface area contributed by atoms with Gasteiger partial charge in [-0.1, -0.05) is 27.9 Å². The van der Waals surface area contributed by atoms with Gasteiger partial charge in [0.1, 0.15) is 4.90 Å². The Morgan fingerprint density at radius 3 is 2.55 bits per heavy atom. The van der Waals surface area contributed by atoms with Gasteiger partial charge >= 0.3 is 0 Å². The van der Waals surface area contributed by atoms with Gasteiger partial charge in [0.05, 0.1) is 5.69 Å². The van der Waals surface area contributed by atoms with Crippen LogP contribution in [0.15, 0.2) is 56.3 Å². The molecule has 0 aliphatic rings. The van der Waals surface area contributed by atoms with Crippen LogP contribution in [-0.4, -0.2) is 8.42 Å². The lowest BCUT2D eigenvalue weighted by molar-refractivity contribution is 0.600. The van der Waals surface area contributed by atoms with E-state index < -0.39 is 10.0 Å². The molecule has 2 aromatic carbocycles. The summed E-state index contributed by atoms with van der Waals surface area (Å²) in [5.41, 5.74) is 1.03. The molecule has 6 heteroatoms. The fraction of sp³-hybridized carbons (Fsp3) is 0. The van der Waals surface area contributed by atoms with E-state index in [1.807, 2.05) is 0 Å². The van der Waals surface area contributed by atoms with E-state index in [4.69, 9.17) is 6.42 Å². The molecule has 0 amide bonds. The minimum atomic E-state index is -3.69. The Morgan fingerprint density at radius 1 is 1.10 bits per heavy atom. The molecule has 0 saturated heterocycles. The quantitative estimate of drug-likeness (QED) is 0.771. The van der Waals surface area contributed by atoms with Crippen molar-refractivity contribution >= 4 is 47.6 Å². The molecule has 0 heterocycles. The fourth-order valence-electron chi connectivity index (χ4n) is 1.57. The van der Waals surface area contributed by atoms with Crippen LogP contribution in [0.25, 0.3) is 0 Å². The molecule has 0 aliphatic heterocycles. The Bertz CT molecular complexity index is 795. The molecule has 2 rings (SSSR count). The Kier molecular flexibility index (Phi) is 4.53. The summed E-state index contributed by atoms with van der Waals surface area (Å²) in [6, 6.07) is 11.6. The van der Waals surface area contributed by atoms with Gasteiger partial charge in [0.15, 0.2) is 0 Å². The van der Waals surface area contributed by atoms with Gasteiger partial charge in [0, 0.05) is 14.5 Å². The SMILES string of the molecule is C#Cc1cccc(NS(=O)(=O)c2cc(Br)ccc2Br)c1. The molecule has 0 radical (unpaired) electrons. The molecule has 1 N–H and O–H groups in total. The molecule has 0 spiro atoms. The van der Waals surface area contributed by atoms with Crippen molar-refractivity contribution in [3.63, 3.8) is 0 Å². The van der Waals surface area contributed by atoms with Gasteiger partial charge < -0.3 is 0 Å². The van der Waals surface area contributed by atoms with Gasteiger partial charge in [-0.2, -0.15) is 0 Å². The molecule has 0 aliphatic carbocycles. The predicted octanol–water partition coefficient (Wildman–Crippen LogP) is 3.99. The van der Waals surface area contributed by atoms with Crippen LogP contribution >= 0.6 is 31.9 Å². The van der Waals surface area contributed by atoms with Crippen molar-refractivity contribution in [1.82, 2.24) is 0 Å². The Morgan fingerprint density at radius 2 is 1.85 bits per heavy atom. The molecule has 0 atom stereocenters. The van der Waals surface area contributed by atoms with Crippen LogP contribution < -0.4 is 4.72 Å². The minimum Gasteiger partial charge on any atom is -0.280 e. The first-order valence-corrected chi connectivity index (χ1v) is 8.54. The lowest BCUT2D eigenvalue weighted by atomic mass is 10.2. The van der Waals surface area contributed by atoms with Crippen molar-refractivity contribution < 1.29 is 8.42 Å². The monoisotopic (exact) mass is 413 g/mol. The average Bonchev–Trinajstić information content (AvgIpc) is 2.41. The normalized spacial score (nSPS) is 10.8. The summed E-state index contributed by atoms with van der Waals surface area (Å²) in [5, 5.41) is 0. The minimum absolute atomic E-state index is 0.151. The maximum absolute atomic E-state index is 12.4. The Labute approximate surface area is 134 Å². The number of anilines is 1. The summed E-state index contributed by atoms with van der Waals surface area (Å²) in [7, 11) is -3.69. The number of nitrogens with one attached hydrogen (secondary N) is 1. The molecule has 0 saturated carbocycles. The van der Waals surface area contributed by atoms with Gasteiger partial charge in [-0.3, -0.25) is 4.72 Å². The molecule has 0 aromatic heterocycles. The zero-order chi connectivity index (χ0) is 14.8. The summed E-state index contributed by atoms with van der Waals surface area (Å²) in [5.74, 6) is 2.46. The van der Waals surface area contributed by atoms with Crippen LogP contribution in [0, 0.1) is 12.3 Å². The highest BCUT2D eigenvalue weighted by Crippen LogP contribution is 2.27. The van der Waals surface area contributed by atoms with E-state index in [9.17, 15) is 8.42 Å². The van der Waals surface area contributed by atoms with Crippen LogP contribution in [0.2, 0.25) is 0 Å². The number of hydrogen-bond acceptors (Lipinski definition) is 2. The standard InChI is InChI=1S/C14H9Br2NO2S/c1-2-10-4-3-5-12(8-10)17-20(18,19)14-9-11(15)6-7-13(14)16/h1,3-9,17H. The maximum atomic E-state index is 12.4. The van der Waals surface area contributed by atoms with Crippen LogP contribution in [0.5, 0.6) is 0 Å². The molecule has 3 nitrogen and oxygen atoms in total. The zero-order valence-corrected chi connectivity index (χ0v) is 14.1. The third-order valence-corrected chi connectivity index (χ3v) is 5.33. The smallest absolute Gasteiger partial charge is 0.263 e. The van der Waals surface area contributed by atoms with Gasteiger partial charge in [-0.15, -0.1) is 6.42 Å². The van der Waals surface area contributed by atoms with E-state index in [2.05, 4.69) is 42.5 Å². The third kappa shape index (κ3) is 3.42. The number of hydrogen-bond donors (Lipinski definition) is 1. The van der Waals surface area contributed by atoms with Crippen molar-refractivity contribution in [1.29, 1.82) is 0 Å². The van der Waals surface area contributed by atoms with Crippen molar-refractivity contribution in [2.45, 2.75) is 4.90 Å². The zero-order valence-electron chi connectivity index (χ0n) is 10.1. The predicted molar refractivity (Wildman–Crippen MR) is 87.0 cm³/mol. The first-order chi connectivity index (χ1) is 9.42. The first kappa shape index (κ1) is 15.1. The van der Waals surface area contributed by atoms with Crippen molar-refractivity contribution in [3.05, 3.63) is 57.0 Å². The van der Waals surface area contributed by atoms with E-state index in [0.717, 1.165) is 0 Å². The molecule has 102 valence electrons. The highest BCUT2D eigenvalue weighted by molar-refractivity contribution is 9.11. The summed E-state index contributed by atoms with van der Waals surface area (Å²) >= 11 is 6.49. The number of rotatable bonds is 3. The fourth-order valence-corrected chi connectivity index (χ4v) is 4.12. The van der Waals surface area contributed by atoms with Crippen LogP contribution in [0.3, 0.4) is 0 Å². The van der Waals surface area contributed by atoms with Crippen LogP contribution in [0.1, 0.15) is 5.56 Å². The third-order valence-electron chi connectivity index (χ3n) is 2.46. The molecular weight excluding hydrogens is 406 g/mol. The van der Waals surface area contributed by atoms with Crippen molar-refractivity contribution in [2.24, 2.45) is 0 Å². The highest BCUT2D eigenvalue weighted by atomic mass is 79.9. The summed E-state index contributed by atoms with van der Waals surface area (Å²) in [6.45, 7) is 0. The van der Waals surface area contributed by atoms with E-state index in [1.54, 1.807) is 36.4 Å². The molecule has 0 unspecified atom stereocenters. The average molecular weight is 415 g/mol. The van der Waals surface area contributed by atoms with Gasteiger partial charge in [0.2, 0.25) is 0 Å². The van der Waals surface area contributed by atoms with E-state index in [-0.39, 0.29) is 4.90 Å². The van der Waals surface area contributed by atoms with Gasteiger partial charge in [-0.25, -0.2) is 8.42 Å². The van der Waals surface area contributed by atoms with Crippen molar-refractivity contribution in [2.75, 3.05) is 4.72 Å². The number of benzene rings is 2. The lowest BCUT2D eigenvalue weighted by Crippen LogP contribution is -2.13. The van der Waals surface area contributed by atoms with Crippen LogP contribution in [0.4, 0.5) is 5.69 Å². The number of terminal acetylenes is 1. The molecule has 2 aromatic rings. The second-order valence-corrected chi connectivity index (χ2v) is 7.33. The number of halogens is 2. The maximum Gasteiger partial charge on any atom is 0.263 e. The Balaban J connectivity index is 2.41. The Hall–Kier alpha value is -1.29. The summed E-state index contributed by atoms with van der Waals surface area (Å²) in [6.07, 6.45) is 5.30. The largest absolute Gasteiger partial charge is 0.280 e. The molecule has 0 bridgehead atoms. The van der Waals surface area contributed by atoms with Gasteiger partial charge in [0.25, 0.3) is 10.0 Å². The van der Waals surface area contributed by atoms with Crippen molar-refractivity contribution in [3.8, 4) is 12.3 Å². The lowest BCUT2D eigenvalue weighted by Gasteiger charge is -2.10. The van der Waals surface area contributed by atoms with E-state index in [0.29, 0.717) is 20.2 Å². The van der Waals surface area contributed by atoms with E-state index in [1.165, 1.54) is 6.07 Å².